The highest BCUT2D eigenvalue weighted by Gasteiger charge is 1.96. The van der Waals surface area contributed by atoms with Gasteiger partial charge in [0, 0.05) is 5.57 Å². The zero-order valence-corrected chi connectivity index (χ0v) is 7.96. The van der Waals surface area contributed by atoms with Gasteiger partial charge in [0.25, 0.3) is 0 Å². The van der Waals surface area contributed by atoms with Crippen LogP contribution in [0.5, 0.6) is 0 Å². The van der Waals surface area contributed by atoms with Crippen molar-refractivity contribution in [3.8, 4) is 0 Å². The summed E-state index contributed by atoms with van der Waals surface area (Å²) < 4.78 is 0. The van der Waals surface area contributed by atoms with Gasteiger partial charge in [0.1, 0.15) is 0 Å². The van der Waals surface area contributed by atoms with Gasteiger partial charge < -0.3 is 0 Å². The molecule has 0 radical (unpaired) electrons. The summed E-state index contributed by atoms with van der Waals surface area (Å²) in [7, 11) is 0. The van der Waals surface area contributed by atoms with Gasteiger partial charge in [0.15, 0.2) is 0 Å². The van der Waals surface area contributed by atoms with E-state index in [1.54, 1.807) is 0 Å². The molecule has 1 rings (SSSR count). The van der Waals surface area contributed by atoms with E-state index < -0.39 is 0 Å². The Hall–Kier alpha value is -1.52. The second-order valence-corrected chi connectivity index (χ2v) is 2.78. The van der Waals surface area contributed by atoms with Crippen molar-refractivity contribution in [3.05, 3.63) is 66.0 Å². The SMILES string of the molecule is C=C=C(C=CC)C1=CC=CCC=C1. The molecule has 0 aromatic carbocycles. The predicted molar refractivity (Wildman–Crippen MR) is 58.4 cm³/mol. The van der Waals surface area contributed by atoms with Crippen molar-refractivity contribution < 1.29 is 0 Å². The molecule has 13 heavy (non-hydrogen) atoms. The van der Waals surface area contributed by atoms with Gasteiger partial charge in [-0.1, -0.05) is 49.1 Å². The second kappa shape index (κ2) is 5.18. The van der Waals surface area contributed by atoms with Crippen molar-refractivity contribution in [2.24, 2.45) is 0 Å². The van der Waals surface area contributed by atoms with Crippen LogP contribution in [-0.4, -0.2) is 0 Å². The molecule has 1 aliphatic rings. The molecule has 0 atom stereocenters. The van der Waals surface area contributed by atoms with Gasteiger partial charge in [-0.3, -0.25) is 0 Å². The lowest BCUT2D eigenvalue weighted by molar-refractivity contribution is 1.40. The van der Waals surface area contributed by atoms with Crippen molar-refractivity contribution in [1.29, 1.82) is 0 Å². The van der Waals surface area contributed by atoms with Crippen molar-refractivity contribution in [2.75, 3.05) is 0 Å². The van der Waals surface area contributed by atoms with Crippen LogP contribution in [0.15, 0.2) is 66.0 Å². The molecule has 0 bridgehead atoms. The first-order chi connectivity index (χ1) is 6.38. The molecule has 0 aromatic rings. The first-order valence-electron chi connectivity index (χ1n) is 4.45. The fraction of sp³-hybridized carbons (Fsp3) is 0.154. The average Bonchev–Trinajstić information content (AvgIpc) is 2.42. The highest BCUT2D eigenvalue weighted by Crippen LogP contribution is 2.14. The molecule has 0 spiro atoms. The minimum absolute atomic E-state index is 1.00. The monoisotopic (exact) mass is 170 g/mol. The van der Waals surface area contributed by atoms with Crippen LogP contribution >= 0.6 is 0 Å². The van der Waals surface area contributed by atoms with Gasteiger partial charge in [-0.15, -0.1) is 5.73 Å². The third-order valence-corrected chi connectivity index (χ3v) is 1.82. The summed E-state index contributed by atoms with van der Waals surface area (Å²) in [5, 5.41) is 0. The lowest BCUT2D eigenvalue weighted by Crippen LogP contribution is -1.79. The van der Waals surface area contributed by atoms with E-state index in [9.17, 15) is 0 Å². The Kier molecular flexibility index (Phi) is 3.81. The smallest absolute Gasteiger partial charge is 0.0227 e. The molecular weight excluding hydrogens is 156 g/mol. The number of hydrogen-bond acceptors (Lipinski definition) is 0. The van der Waals surface area contributed by atoms with Crippen LogP contribution in [0.25, 0.3) is 0 Å². The summed E-state index contributed by atoms with van der Waals surface area (Å²) in [6.45, 7) is 5.67. The molecule has 0 amide bonds. The second-order valence-electron chi connectivity index (χ2n) is 2.78. The normalized spacial score (nSPS) is 15.3. The zero-order valence-electron chi connectivity index (χ0n) is 7.96. The number of hydrogen-bond donors (Lipinski definition) is 0. The highest BCUT2D eigenvalue weighted by molar-refractivity contribution is 5.48. The Bertz CT molecular complexity index is 329. The van der Waals surface area contributed by atoms with Crippen LogP contribution in [0.3, 0.4) is 0 Å². The molecule has 0 aliphatic heterocycles. The standard InChI is InChI=1S/C13H14/c1-3-9-12(4-2)13-10-7-5-6-8-11-13/h3,5,7-11H,2,6H2,1H3. The van der Waals surface area contributed by atoms with Gasteiger partial charge in [0.2, 0.25) is 0 Å². The topological polar surface area (TPSA) is 0 Å². The van der Waals surface area contributed by atoms with Crippen LogP contribution in [-0.2, 0) is 0 Å². The van der Waals surface area contributed by atoms with E-state index in [1.807, 2.05) is 19.1 Å². The van der Waals surface area contributed by atoms with Crippen LogP contribution in [0.4, 0.5) is 0 Å². The Morgan fingerprint density at radius 2 is 2.38 bits per heavy atom. The van der Waals surface area contributed by atoms with E-state index >= 15 is 0 Å². The van der Waals surface area contributed by atoms with Gasteiger partial charge in [-0.25, -0.2) is 0 Å². The maximum absolute atomic E-state index is 3.67. The van der Waals surface area contributed by atoms with Crippen LogP contribution < -0.4 is 0 Å². The highest BCUT2D eigenvalue weighted by atomic mass is 14.0. The molecule has 0 saturated heterocycles. The summed E-state index contributed by atoms with van der Waals surface area (Å²) in [4.78, 5) is 0. The molecular formula is C13H14. The Balaban J connectivity index is 2.98. The average molecular weight is 170 g/mol. The molecule has 0 nitrogen and oxygen atoms in total. The molecule has 0 aromatic heterocycles. The third kappa shape index (κ3) is 2.77. The summed E-state index contributed by atoms with van der Waals surface area (Å²) >= 11 is 0. The first kappa shape index (κ1) is 9.57. The molecule has 0 heteroatoms. The molecule has 0 unspecified atom stereocenters. The fourth-order valence-electron chi connectivity index (χ4n) is 1.18. The Morgan fingerprint density at radius 3 is 3.08 bits per heavy atom. The van der Waals surface area contributed by atoms with Gasteiger partial charge >= 0.3 is 0 Å². The van der Waals surface area contributed by atoms with E-state index in [2.05, 4.69) is 42.7 Å². The largest absolute Gasteiger partial charge is 0.120 e. The first-order valence-corrected chi connectivity index (χ1v) is 4.45. The molecule has 1 aliphatic carbocycles. The van der Waals surface area contributed by atoms with Gasteiger partial charge in [0.05, 0.1) is 0 Å². The van der Waals surface area contributed by atoms with E-state index in [0.717, 1.165) is 12.0 Å². The van der Waals surface area contributed by atoms with Crippen LogP contribution in [0.2, 0.25) is 0 Å². The lowest BCUT2D eigenvalue weighted by Gasteiger charge is -1.97. The summed E-state index contributed by atoms with van der Waals surface area (Å²) in [5.74, 6) is 0. The third-order valence-electron chi connectivity index (χ3n) is 1.82. The molecule has 0 fully saturated rings. The predicted octanol–water partition coefficient (Wildman–Crippen LogP) is 3.72. The van der Waals surface area contributed by atoms with Crippen LogP contribution in [0, 0.1) is 0 Å². The Morgan fingerprint density at radius 1 is 1.54 bits per heavy atom. The molecule has 0 N–H and O–H groups in total. The maximum atomic E-state index is 3.67. The molecule has 66 valence electrons. The van der Waals surface area contributed by atoms with Crippen molar-refractivity contribution in [3.63, 3.8) is 0 Å². The Labute approximate surface area is 80.0 Å². The van der Waals surface area contributed by atoms with Crippen LogP contribution in [0.1, 0.15) is 13.3 Å². The molecule has 0 heterocycles. The summed E-state index contributed by atoms with van der Waals surface area (Å²) in [5.41, 5.74) is 5.14. The quantitative estimate of drug-likeness (QED) is 0.437. The minimum atomic E-state index is 1.00. The summed E-state index contributed by atoms with van der Waals surface area (Å²) in [6, 6.07) is 0. The van der Waals surface area contributed by atoms with E-state index in [4.69, 9.17) is 0 Å². The maximum Gasteiger partial charge on any atom is 0.0227 e. The number of rotatable bonds is 2. The summed E-state index contributed by atoms with van der Waals surface area (Å²) in [6.07, 6.45) is 15.5. The number of allylic oxidation sites excluding steroid dienone is 9. The van der Waals surface area contributed by atoms with Crippen molar-refractivity contribution in [1.82, 2.24) is 0 Å². The van der Waals surface area contributed by atoms with Gasteiger partial charge in [-0.2, -0.15) is 0 Å². The van der Waals surface area contributed by atoms with E-state index in [-0.39, 0.29) is 0 Å². The minimum Gasteiger partial charge on any atom is -0.120 e. The van der Waals surface area contributed by atoms with Crippen molar-refractivity contribution >= 4 is 0 Å². The van der Waals surface area contributed by atoms with E-state index in [0.29, 0.717) is 0 Å². The van der Waals surface area contributed by atoms with Crippen molar-refractivity contribution in [2.45, 2.75) is 13.3 Å². The van der Waals surface area contributed by atoms with E-state index in [1.165, 1.54) is 5.57 Å². The zero-order chi connectivity index (χ0) is 9.52. The molecule has 0 saturated carbocycles. The fourth-order valence-corrected chi connectivity index (χ4v) is 1.18. The van der Waals surface area contributed by atoms with Gasteiger partial charge in [-0.05, 0) is 18.9 Å². The lowest BCUT2D eigenvalue weighted by atomic mass is 10.1.